The first-order chi connectivity index (χ1) is 8.27. The second kappa shape index (κ2) is 5.13. The summed E-state index contributed by atoms with van der Waals surface area (Å²) in [6.45, 7) is 0.570. The Morgan fingerprint density at radius 2 is 1.18 bits per heavy atom. The van der Waals surface area contributed by atoms with E-state index in [1.165, 1.54) is 0 Å². The number of rotatable bonds is 4. The molecule has 4 N–H and O–H groups in total. The Morgan fingerprint density at radius 1 is 0.765 bits per heavy atom. The Balaban J connectivity index is 2.47. The van der Waals surface area contributed by atoms with E-state index in [9.17, 15) is 0 Å². The fourth-order valence-electron chi connectivity index (χ4n) is 2.15. The van der Waals surface area contributed by atoms with Crippen molar-refractivity contribution in [2.45, 2.75) is 12.0 Å². The minimum Gasteiger partial charge on any atom is -0.330 e. The summed E-state index contributed by atoms with van der Waals surface area (Å²) in [6.07, 6.45) is 0.737. The molecule has 2 rings (SSSR count). The smallest absolute Gasteiger partial charge is 0.0677 e. The predicted octanol–water partition coefficient (Wildman–Crippen LogP) is 2.24. The molecule has 0 aliphatic heterocycles. The largest absolute Gasteiger partial charge is 0.330 e. The minimum absolute atomic E-state index is 0.489. The zero-order valence-corrected chi connectivity index (χ0v) is 9.84. The van der Waals surface area contributed by atoms with Gasteiger partial charge in [-0.2, -0.15) is 0 Å². The van der Waals surface area contributed by atoms with E-state index in [-0.39, 0.29) is 0 Å². The van der Waals surface area contributed by atoms with E-state index in [0.29, 0.717) is 6.54 Å². The van der Waals surface area contributed by atoms with Crippen molar-refractivity contribution in [3.05, 3.63) is 71.8 Å². The molecule has 0 amide bonds. The van der Waals surface area contributed by atoms with Crippen LogP contribution in [0.2, 0.25) is 0 Å². The van der Waals surface area contributed by atoms with E-state index < -0.39 is 5.54 Å². The van der Waals surface area contributed by atoms with Crippen molar-refractivity contribution < 1.29 is 0 Å². The molecule has 17 heavy (non-hydrogen) atoms. The van der Waals surface area contributed by atoms with Crippen LogP contribution in [0.5, 0.6) is 0 Å². The molecule has 88 valence electrons. The monoisotopic (exact) mass is 226 g/mol. The lowest BCUT2D eigenvalue weighted by Gasteiger charge is -2.30. The maximum absolute atomic E-state index is 6.57. The third kappa shape index (κ3) is 2.38. The van der Waals surface area contributed by atoms with Crippen LogP contribution >= 0.6 is 0 Å². The molecule has 0 heterocycles. The number of nitrogens with two attached hydrogens (primary N) is 2. The second-order valence-corrected chi connectivity index (χ2v) is 4.24. The van der Waals surface area contributed by atoms with Crippen molar-refractivity contribution in [2.24, 2.45) is 11.5 Å². The Morgan fingerprint density at radius 3 is 1.53 bits per heavy atom. The molecule has 2 aromatic carbocycles. The van der Waals surface area contributed by atoms with Gasteiger partial charge in [-0.3, -0.25) is 0 Å². The summed E-state index contributed by atoms with van der Waals surface area (Å²) in [5.74, 6) is 0. The van der Waals surface area contributed by atoms with Crippen molar-refractivity contribution in [3.63, 3.8) is 0 Å². The fraction of sp³-hybridized carbons (Fsp3) is 0.200. The normalized spacial score (nSPS) is 11.4. The Labute approximate surface area is 102 Å². The lowest BCUT2D eigenvalue weighted by molar-refractivity contribution is 0.500. The third-order valence-corrected chi connectivity index (χ3v) is 3.12. The van der Waals surface area contributed by atoms with Gasteiger partial charge >= 0.3 is 0 Å². The molecule has 2 nitrogen and oxygen atoms in total. The fourth-order valence-corrected chi connectivity index (χ4v) is 2.15. The Hall–Kier alpha value is -1.64. The highest BCUT2D eigenvalue weighted by Crippen LogP contribution is 2.29. The summed E-state index contributed by atoms with van der Waals surface area (Å²) >= 11 is 0. The first-order valence-corrected chi connectivity index (χ1v) is 5.87. The quantitative estimate of drug-likeness (QED) is 0.840. The zero-order chi connectivity index (χ0) is 12.1. The molecule has 0 atom stereocenters. The van der Waals surface area contributed by atoms with Gasteiger partial charge in [0.2, 0.25) is 0 Å². The van der Waals surface area contributed by atoms with Gasteiger partial charge in [-0.05, 0) is 24.1 Å². The van der Waals surface area contributed by atoms with Crippen LogP contribution in [-0.4, -0.2) is 6.54 Å². The third-order valence-electron chi connectivity index (χ3n) is 3.12. The average Bonchev–Trinajstić information content (AvgIpc) is 2.41. The number of benzene rings is 2. The van der Waals surface area contributed by atoms with Crippen molar-refractivity contribution in [2.75, 3.05) is 6.54 Å². The molecule has 2 aromatic rings. The highest BCUT2D eigenvalue weighted by Gasteiger charge is 2.28. The van der Waals surface area contributed by atoms with Gasteiger partial charge in [-0.1, -0.05) is 60.7 Å². The SMILES string of the molecule is NCCC(N)(c1ccccc1)c1ccccc1. The summed E-state index contributed by atoms with van der Waals surface area (Å²) in [5, 5.41) is 0. The summed E-state index contributed by atoms with van der Waals surface area (Å²) in [5.41, 5.74) is 14.0. The van der Waals surface area contributed by atoms with Crippen LogP contribution in [-0.2, 0) is 5.54 Å². The molecular formula is C15H18N2. The molecule has 0 saturated carbocycles. The van der Waals surface area contributed by atoms with Crippen LogP contribution in [0.15, 0.2) is 60.7 Å². The second-order valence-electron chi connectivity index (χ2n) is 4.24. The van der Waals surface area contributed by atoms with Crippen molar-refractivity contribution in [1.82, 2.24) is 0 Å². The van der Waals surface area contributed by atoms with Crippen molar-refractivity contribution in [3.8, 4) is 0 Å². The van der Waals surface area contributed by atoms with Crippen LogP contribution in [0.4, 0.5) is 0 Å². The topological polar surface area (TPSA) is 52.0 Å². The summed E-state index contributed by atoms with van der Waals surface area (Å²) in [7, 11) is 0. The minimum atomic E-state index is -0.489. The summed E-state index contributed by atoms with van der Waals surface area (Å²) in [4.78, 5) is 0. The van der Waals surface area contributed by atoms with Gasteiger partial charge in [0.1, 0.15) is 0 Å². The number of hydrogen-bond acceptors (Lipinski definition) is 2. The summed E-state index contributed by atoms with van der Waals surface area (Å²) < 4.78 is 0. The Kier molecular flexibility index (Phi) is 3.57. The molecular weight excluding hydrogens is 208 g/mol. The van der Waals surface area contributed by atoms with Gasteiger partial charge in [0, 0.05) is 0 Å². The standard InChI is InChI=1S/C15H18N2/c16-12-11-15(17,13-7-3-1-4-8-13)14-9-5-2-6-10-14/h1-10H,11-12,16-17H2. The van der Waals surface area contributed by atoms with Gasteiger partial charge in [-0.25, -0.2) is 0 Å². The molecule has 0 unspecified atom stereocenters. The van der Waals surface area contributed by atoms with Gasteiger partial charge in [0.25, 0.3) is 0 Å². The molecule has 0 aliphatic carbocycles. The van der Waals surface area contributed by atoms with Gasteiger partial charge in [0.05, 0.1) is 5.54 Å². The molecule has 0 fully saturated rings. The molecule has 2 heteroatoms. The zero-order valence-electron chi connectivity index (χ0n) is 9.84. The van der Waals surface area contributed by atoms with E-state index in [2.05, 4.69) is 24.3 Å². The summed E-state index contributed by atoms with van der Waals surface area (Å²) in [6, 6.07) is 20.3. The van der Waals surface area contributed by atoms with Crippen molar-refractivity contribution >= 4 is 0 Å². The van der Waals surface area contributed by atoms with Crippen LogP contribution in [0.1, 0.15) is 17.5 Å². The number of hydrogen-bond donors (Lipinski definition) is 2. The van der Waals surface area contributed by atoms with Crippen LogP contribution in [0.25, 0.3) is 0 Å². The maximum Gasteiger partial charge on any atom is 0.0677 e. The molecule has 0 radical (unpaired) electrons. The molecule has 0 aliphatic rings. The van der Waals surface area contributed by atoms with E-state index >= 15 is 0 Å². The lowest BCUT2D eigenvalue weighted by Crippen LogP contribution is -2.39. The highest BCUT2D eigenvalue weighted by molar-refractivity contribution is 5.37. The maximum atomic E-state index is 6.57. The van der Waals surface area contributed by atoms with E-state index in [0.717, 1.165) is 17.5 Å². The van der Waals surface area contributed by atoms with E-state index in [4.69, 9.17) is 11.5 Å². The average molecular weight is 226 g/mol. The van der Waals surface area contributed by atoms with Crippen molar-refractivity contribution in [1.29, 1.82) is 0 Å². The molecule has 0 aromatic heterocycles. The Bertz CT molecular complexity index is 411. The van der Waals surface area contributed by atoms with Gasteiger partial charge in [-0.15, -0.1) is 0 Å². The van der Waals surface area contributed by atoms with E-state index in [1.807, 2.05) is 36.4 Å². The predicted molar refractivity (Wildman–Crippen MR) is 71.5 cm³/mol. The van der Waals surface area contributed by atoms with Gasteiger partial charge in [0.15, 0.2) is 0 Å². The van der Waals surface area contributed by atoms with Crippen LogP contribution < -0.4 is 11.5 Å². The lowest BCUT2D eigenvalue weighted by atomic mass is 9.81. The van der Waals surface area contributed by atoms with E-state index in [1.54, 1.807) is 0 Å². The first-order valence-electron chi connectivity index (χ1n) is 5.87. The van der Waals surface area contributed by atoms with Gasteiger partial charge < -0.3 is 11.5 Å². The van der Waals surface area contributed by atoms with Crippen LogP contribution in [0, 0.1) is 0 Å². The highest BCUT2D eigenvalue weighted by atomic mass is 14.8. The molecule has 0 bridgehead atoms. The van der Waals surface area contributed by atoms with Crippen LogP contribution in [0.3, 0.4) is 0 Å². The molecule has 0 spiro atoms. The molecule has 0 saturated heterocycles. The first kappa shape index (κ1) is 11.8.